The number of aromatic hydroxyl groups is 1. The topological polar surface area (TPSA) is 55.5 Å². The zero-order valence-corrected chi connectivity index (χ0v) is 9.29. The molecule has 0 aromatic heterocycles. The number of halogens is 1. The molecule has 1 atom stereocenters. The van der Waals surface area contributed by atoms with Crippen molar-refractivity contribution in [2.24, 2.45) is 5.73 Å². The fourth-order valence-electron chi connectivity index (χ4n) is 1.28. The van der Waals surface area contributed by atoms with Gasteiger partial charge in [-0.3, -0.25) is 0 Å². The van der Waals surface area contributed by atoms with Crippen LogP contribution in [0.3, 0.4) is 0 Å². The Morgan fingerprint density at radius 2 is 2.33 bits per heavy atom. The van der Waals surface area contributed by atoms with E-state index in [0.717, 1.165) is 5.56 Å². The van der Waals surface area contributed by atoms with Crippen molar-refractivity contribution in [2.75, 3.05) is 7.11 Å². The Morgan fingerprint density at radius 3 is 2.87 bits per heavy atom. The Balaban J connectivity index is 3.10. The monoisotopic (exact) mass is 227 g/mol. The van der Waals surface area contributed by atoms with Gasteiger partial charge in [-0.25, -0.2) is 0 Å². The van der Waals surface area contributed by atoms with Gasteiger partial charge in [0.2, 0.25) is 0 Å². The quantitative estimate of drug-likeness (QED) is 0.778. The first kappa shape index (κ1) is 11.9. The minimum atomic E-state index is -0.186. The van der Waals surface area contributed by atoms with Crippen molar-refractivity contribution in [3.05, 3.63) is 35.4 Å². The Kier molecular flexibility index (Phi) is 4.00. The molecule has 0 aliphatic rings. The summed E-state index contributed by atoms with van der Waals surface area (Å²) in [5, 5.41) is 9.76. The van der Waals surface area contributed by atoms with E-state index < -0.39 is 0 Å². The molecule has 0 saturated carbocycles. The van der Waals surface area contributed by atoms with Crippen LogP contribution in [0, 0.1) is 0 Å². The molecule has 0 fully saturated rings. The number of hydrogen-bond donors (Lipinski definition) is 2. The molecule has 1 aromatic rings. The summed E-state index contributed by atoms with van der Waals surface area (Å²) >= 11 is 5.83. The lowest BCUT2D eigenvalue weighted by Gasteiger charge is -2.13. The van der Waals surface area contributed by atoms with E-state index in [9.17, 15) is 5.11 Å². The fourth-order valence-corrected chi connectivity index (χ4v) is 1.50. The molecule has 0 heterocycles. The summed E-state index contributed by atoms with van der Waals surface area (Å²) in [6.45, 7) is 3.62. The second-order valence-electron chi connectivity index (χ2n) is 3.18. The summed E-state index contributed by atoms with van der Waals surface area (Å²) in [5.74, 6) is 0.269. The molecular formula is C11H14ClNO2. The second-order valence-corrected chi connectivity index (χ2v) is 3.59. The molecule has 82 valence electrons. The lowest BCUT2D eigenvalue weighted by atomic mass is 10.0. The maximum Gasteiger partial charge on any atom is 0.176 e. The van der Waals surface area contributed by atoms with Crippen molar-refractivity contribution in [3.8, 4) is 11.5 Å². The zero-order chi connectivity index (χ0) is 11.4. The van der Waals surface area contributed by atoms with Gasteiger partial charge >= 0.3 is 0 Å². The first-order chi connectivity index (χ1) is 7.10. The van der Waals surface area contributed by atoms with Crippen molar-refractivity contribution in [3.63, 3.8) is 0 Å². The van der Waals surface area contributed by atoms with Crippen LogP contribution >= 0.6 is 11.6 Å². The molecule has 3 nitrogen and oxygen atoms in total. The molecule has 0 aliphatic carbocycles. The summed E-state index contributed by atoms with van der Waals surface area (Å²) in [7, 11) is 1.47. The standard InChI is InChI=1S/C11H14ClNO2/c1-3-4-9(13)7-5-8(12)11(14)10(6-7)15-2/h3,5-6,9,14H,1,4,13H2,2H3/t9-/m0/s1. The van der Waals surface area contributed by atoms with Crippen molar-refractivity contribution >= 4 is 11.6 Å². The summed E-state index contributed by atoms with van der Waals surface area (Å²) < 4.78 is 4.98. The van der Waals surface area contributed by atoms with E-state index in [-0.39, 0.29) is 16.8 Å². The van der Waals surface area contributed by atoms with Crippen LogP contribution in [0.2, 0.25) is 5.02 Å². The normalized spacial score (nSPS) is 12.2. The first-order valence-electron chi connectivity index (χ1n) is 4.53. The molecule has 1 aromatic carbocycles. The third-order valence-corrected chi connectivity index (χ3v) is 2.41. The third kappa shape index (κ3) is 2.64. The molecule has 0 unspecified atom stereocenters. The summed E-state index contributed by atoms with van der Waals surface area (Å²) in [4.78, 5) is 0. The van der Waals surface area contributed by atoms with Crippen LogP contribution in [-0.2, 0) is 0 Å². The van der Waals surface area contributed by atoms with Gasteiger partial charge in [0.25, 0.3) is 0 Å². The van der Waals surface area contributed by atoms with Crippen LogP contribution in [0.4, 0.5) is 0 Å². The van der Waals surface area contributed by atoms with E-state index >= 15 is 0 Å². The van der Waals surface area contributed by atoms with Gasteiger partial charge < -0.3 is 15.6 Å². The summed E-state index contributed by atoms with van der Waals surface area (Å²) in [6.07, 6.45) is 2.38. The van der Waals surface area contributed by atoms with Crippen molar-refractivity contribution in [1.29, 1.82) is 0 Å². The highest BCUT2D eigenvalue weighted by molar-refractivity contribution is 6.32. The van der Waals surface area contributed by atoms with Gasteiger partial charge in [-0.15, -0.1) is 6.58 Å². The largest absolute Gasteiger partial charge is 0.503 e. The molecule has 0 aliphatic heterocycles. The Hall–Kier alpha value is -1.19. The highest BCUT2D eigenvalue weighted by Crippen LogP contribution is 2.36. The maximum absolute atomic E-state index is 9.52. The molecule has 0 saturated heterocycles. The number of hydrogen-bond acceptors (Lipinski definition) is 3. The molecule has 0 amide bonds. The Morgan fingerprint density at radius 1 is 1.67 bits per heavy atom. The molecule has 0 bridgehead atoms. The molecule has 1 rings (SSSR count). The van der Waals surface area contributed by atoms with Gasteiger partial charge in [-0.05, 0) is 24.1 Å². The van der Waals surface area contributed by atoms with E-state index in [1.165, 1.54) is 7.11 Å². The lowest BCUT2D eigenvalue weighted by Crippen LogP contribution is -2.09. The predicted octanol–water partition coefficient (Wildman–Crippen LogP) is 2.63. The number of benzene rings is 1. The maximum atomic E-state index is 9.52. The number of methoxy groups -OCH3 is 1. The minimum Gasteiger partial charge on any atom is -0.503 e. The number of ether oxygens (including phenoxy) is 1. The van der Waals surface area contributed by atoms with Gasteiger partial charge in [0.15, 0.2) is 11.5 Å². The molecule has 15 heavy (non-hydrogen) atoms. The summed E-state index contributed by atoms with van der Waals surface area (Å²) in [6, 6.07) is 3.12. The Bertz CT molecular complexity index is 366. The third-order valence-electron chi connectivity index (χ3n) is 2.12. The van der Waals surface area contributed by atoms with Gasteiger partial charge in [-0.2, -0.15) is 0 Å². The van der Waals surface area contributed by atoms with E-state index in [2.05, 4.69) is 6.58 Å². The van der Waals surface area contributed by atoms with E-state index in [1.807, 2.05) is 0 Å². The molecule has 3 N–H and O–H groups in total. The van der Waals surface area contributed by atoms with Gasteiger partial charge in [0.1, 0.15) is 0 Å². The number of phenolic OH excluding ortho intramolecular Hbond substituents is 1. The second kappa shape index (κ2) is 5.05. The van der Waals surface area contributed by atoms with Gasteiger partial charge in [0.05, 0.1) is 12.1 Å². The number of nitrogens with two attached hydrogens (primary N) is 1. The number of phenols is 1. The first-order valence-corrected chi connectivity index (χ1v) is 4.90. The predicted molar refractivity (Wildman–Crippen MR) is 61.4 cm³/mol. The van der Waals surface area contributed by atoms with Crippen LogP contribution in [0.25, 0.3) is 0 Å². The number of rotatable bonds is 4. The molecule has 4 heteroatoms. The lowest BCUT2D eigenvalue weighted by molar-refractivity contribution is 0.372. The smallest absolute Gasteiger partial charge is 0.176 e. The van der Waals surface area contributed by atoms with E-state index in [4.69, 9.17) is 22.1 Å². The average Bonchev–Trinajstić information content (AvgIpc) is 2.22. The van der Waals surface area contributed by atoms with Crippen molar-refractivity contribution in [1.82, 2.24) is 0 Å². The zero-order valence-electron chi connectivity index (χ0n) is 8.53. The molecular weight excluding hydrogens is 214 g/mol. The minimum absolute atomic E-state index is 0.0614. The average molecular weight is 228 g/mol. The van der Waals surface area contributed by atoms with E-state index in [0.29, 0.717) is 12.2 Å². The molecule has 0 spiro atoms. The van der Waals surface area contributed by atoms with Crippen LogP contribution in [0.5, 0.6) is 11.5 Å². The summed E-state index contributed by atoms with van der Waals surface area (Å²) in [5.41, 5.74) is 6.70. The fraction of sp³-hybridized carbons (Fsp3) is 0.273. The van der Waals surface area contributed by atoms with Crippen molar-refractivity contribution < 1.29 is 9.84 Å². The highest BCUT2D eigenvalue weighted by Gasteiger charge is 2.12. The van der Waals surface area contributed by atoms with Gasteiger partial charge in [0, 0.05) is 6.04 Å². The Labute approximate surface area is 94.1 Å². The van der Waals surface area contributed by atoms with Crippen molar-refractivity contribution in [2.45, 2.75) is 12.5 Å². The van der Waals surface area contributed by atoms with E-state index in [1.54, 1.807) is 18.2 Å². The highest BCUT2D eigenvalue weighted by atomic mass is 35.5. The molecule has 0 radical (unpaired) electrons. The van der Waals surface area contributed by atoms with Crippen LogP contribution in [-0.4, -0.2) is 12.2 Å². The van der Waals surface area contributed by atoms with Gasteiger partial charge in [-0.1, -0.05) is 17.7 Å². The SMILES string of the molecule is C=CC[C@H](N)c1cc(Cl)c(O)c(OC)c1. The van der Waals surface area contributed by atoms with Crippen LogP contribution in [0.15, 0.2) is 24.8 Å². The van der Waals surface area contributed by atoms with Crippen LogP contribution in [0.1, 0.15) is 18.0 Å². The van der Waals surface area contributed by atoms with Crippen LogP contribution < -0.4 is 10.5 Å².